The summed E-state index contributed by atoms with van der Waals surface area (Å²) in [6, 6.07) is 0. The van der Waals surface area contributed by atoms with E-state index in [0.29, 0.717) is 12.2 Å². The molecular weight excluding hydrogens is 190 g/mol. The summed E-state index contributed by atoms with van der Waals surface area (Å²) in [7, 11) is 0. The fourth-order valence-electron chi connectivity index (χ4n) is 1.94. The average molecular weight is 209 g/mol. The first-order valence-electron chi connectivity index (χ1n) is 5.68. The zero-order chi connectivity index (χ0) is 10.5. The summed E-state index contributed by atoms with van der Waals surface area (Å²) in [5.41, 5.74) is 1.18. The lowest BCUT2D eigenvalue weighted by Crippen LogP contribution is -2.28. The molecule has 1 aromatic heterocycles. The normalized spacial score (nSPS) is 25.9. The van der Waals surface area contributed by atoms with Crippen LogP contribution in [-0.4, -0.2) is 35.3 Å². The molecule has 2 atom stereocenters. The molecule has 0 radical (unpaired) electrons. The molecule has 2 heterocycles. The van der Waals surface area contributed by atoms with E-state index in [-0.39, 0.29) is 0 Å². The average Bonchev–Trinajstić information content (AvgIpc) is 2.84. The van der Waals surface area contributed by atoms with E-state index in [0.717, 1.165) is 19.5 Å². The van der Waals surface area contributed by atoms with Gasteiger partial charge in [0.15, 0.2) is 0 Å². The van der Waals surface area contributed by atoms with Gasteiger partial charge in [0, 0.05) is 31.4 Å². The number of rotatable bonds is 5. The number of imidazole rings is 1. The fraction of sp³-hybridized carbons (Fsp3) is 0.727. The van der Waals surface area contributed by atoms with Crippen LogP contribution >= 0.6 is 0 Å². The van der Waals surface area contributed by atoms with E-state index in [9.17, 15) is 0 Å². The van der Waals surface area contributed by atoms with Crippen molar-refractivity contribution in [2.75, 3.05) is 13.1 Å². The minimum absolute atomic E-state index is 0.418. The van der Waals surface area contributed by atoms with Crippen LogP contribution < -0.4 is 5.32 Å². The summed E-state index contributed by atoms with van der Waals surface area (Å²) >= 11 is 0. The minimum atomic E-state index is 0.418. The standard InChI is InChI=1S/C11H19N3O/c1-9-2-3-11(15-9)7-12-5-4-10-6-13-8-14-10/h6,8-9,11-12H,2-5,7H2,1H3,(H,13,14). The van der Waals surface area contributed by atoms with E-state index >= 15 is 0 Å². The van der Waals surface area contributed by atoms with E-state index in [4.69, 9.17) is 4.74 Å². The summed E-state index contributed by atoms with van der Waals surface area (Å²) in [5.74, 6) is 0. The van der Waals surface area contributed by atoms with Crippen molar-refractivity contribution in [3.05, 3.63) is 18.2 Å². The molecule has 1 saturated heterocycles. The molecule has 1 aromatic rings. The Kier molecular flexibility index (Phi) is 3.75. The highest BCUT2D eigenvalue weighted by atomic mass is 16.5. The van der Waals surface area contributed by atoms with Crippen LogP contribution in [0.1, 0.15) is 25.5 Å². The number of aromatic nitrogens is 2. The van der Waals surface area contributed by atoms with Crippen molar-refractivity contribution >= 4 is 0 Å². The second-order valence-corrected chi connectivity index (χ2v) is 4.18. The van der Waals surface area contributed by atoms with Gasteiger partial charge < -0.3 is 15.0 Å². The zero-order valence-electron chi connectivity index (χ0n) is 9.20. The third-order valence-electron chi connectivity index (χ3n) is 2.82. The van der Waals surface area contributed by atoms with Crippen molar-refractivity contribution in [3.8, 4) is 0 Å². The Hall–Kier alpha value is -0.870. The number of aromatic amines is 1. The van der Waals surface area contributed by atoms with Gasteiger partial charge in [0.05, 0.1) is 18.5 Å². The zero-order valence-corrected chi connectivity index (χ0v) is 9.20. The molecule has 4 nitrogen and oxygen atoms in total. The van der Waals surface area contributed by atoms with Crippen molar-refractivity contribution in [3.63, 3.8) is 0 Å². The molecule has 0 aliphatic carbocycles. The Balaban J connectivity index is 1.55. The second-order valence-electron chi connectivity index (χ2n) is 4.18. The van der Waals surface area contributed by atoms with Gasteiger partial charge in [0.2, 0.25) is 0 Å². The number of hydrogen-bond acceptors (Lipinski definition) is 3. The van der Waals surface area contributed by atoms with Gasteiger partial charge in [-0.05, 0) is 19.8 Å². The van der Waals surface area contributed by atoms with E-state index in [1.807, 2.05) is 6.20 Å². The molecule has 15 heavy (non-hydrogen) atoms. The number of hydrogen-bond donors (Lipinski definition) is 2. The summed E-state index contributed by atoms with van der Waals surface area (Å²) in [5, 5.41) is 3.41. The molecule has 2 N–H and O–H groups in total. The molecule has 1 aliphatic heterocycles. The highest BCUT2D eigenvalue weighted by Crippen LogP contribution is 2.17. The Morgan fingerprint density at radius 3 is 3.20 bits per heavy atom. The third kappa shape index (κ3) is 3.32. The summed E-state index contributed by atoms with van der Waals surface area (Å²) < 4.78 is 5.72. The summed E-state index contributed by atoms with van der Waals surface area (Å²) in [4.78, 5) is 7.07. The monoisotopic (exact) mass is 209 g/mol. The topological polar surface area (TPSA) is 49.9 Å². The summed E-state index contributed by atoms with van der Waals surface area (Å²) in [6.07, 6.45) is 7.85. The van der Waals surface area contributed by atoms with Crippen LogP contribution in [0.3, 0.4) is 0 Å². The number of ether oxygens (including phenoxy) is 1. The SMILES string of the molecule is CC1CCC(CNCCc2cnc[nH]2)O1. The van der Waals surface area contributed by atoms with Crippen molar-refractivity contribution in [1.82, 2.24) is 15.3 Å². The van der Waals surface area contributed by atoms with Crippen LogP contribution in [0.5, 0.6) is 0 Å². The maximum Gasteiger partial charge on any atom is 0.0921 e. The first-order valence-corrected chi connectivity index (χ1v) is 5.68. The lowest BCUT2D eigenvalue weighted by atomic mass is 10.2. The highest BCUT2D eigenvalue weighted by Gasteiger charge is 2.20. The Bertz CT molecular complexity index is 273. The second kappa shape index (κ2) is 5.28. The predicted octanol–water partition coefficient (Wildman–Crippen LogP) is 1.11. The quantitative estimate of drug-likeness (QED) is 0.714. The lowest BCUT2D eigenvalue weighted by Gasteiger charge is -2.11. The van der Waals surface area contributed by atoms with E-state index in [2.05, 4.69) is 22.2 Å². The molecule has 0 aromatic carbocycles. The van der Waals surface area contributed by atoms with Gasteiger partial charge >= 0.3 is 0 Å². The van der Waals surface area contributed by atoms with Gasteiger partial charge in [0.25, 0.3) is 0 Å². The molecule has 84 valence electrons. The van der Waals surface area contributed by atoms with Crippen LogP contribution in [0, 0.1) is 0 Å². The first kappa shape index (κ1) is 10.6. The molecule has 0 saturated carbocycles. The van der Waals surface area contributed by atoms with Crippen LogP contribution in [0.2, 0.25) is 0 Å². The van der Waals surface area contributed by atoms with Gasteiger partial charge in [-0.2, -0.15) is 0 Å². The Morgan fingerprint density at radius 2 is 2.53 bits per heavy atom. The molecule has 0 bridgehead atoms. The van der Waals surface area contributed by atoms with E-state index in [1.165, 1.54) is 18.5 Å². The van der Waals surface area contributed by atoms with Gasteiger partial charge in [-0.15, -0.1) is 0 Å². The van der Waals surface area contributed by atoms with E-state index in [1.54, 1.807) is 6.33 Å². The predicted molar refractivity (Wildman–Crippen MR) is 58.7 cm³/mol. The first-order chi connectivity index (χ1) is 7.34. The molecule has 2 unspecified atom stereocenters. The van der Waals surface area contributed by atoms with Gasteiger partial charge in [-0.3, -0.25) is 0 Å². The van der Waals surface area contributed by atoms with Crippen LogP contribution in [0.25, 0.3) is 0 Å². The van der Waals surface area contributed by atoms with Crippen LogP contribution in [0.4, 0.5) is 0 Å². The number of H-pyrrole nitrogens is 1. The smallest absolute Gasteiger partial charge is 0.0921 e. The lowest BCUT2D eigenvalue weighted by molar-refractivity contribution is 0.0562. The molecule has 2 rings (SSSR count). The van der Waals surface area contributed by atoms with Crippen LogP contribution in [-0.2, 0) is 11.2 Å². The van der Waals surface area contributed by atoms with Gasteiger partial charge in [-0.25, -0.2) is 4.98 Å². The molecule has 4 heteroatoms. The molecule has 0 spiro atoms. The molecule has 1 aliphatic rings. The third-order valence-corrected chi connectivity index (χ3v) is 2.82. The van der Waals surface area contributed by atoms with Gasteiger partial charge in [0.1, 0.15) is 0 Å². The minimum Gasteiger partial charge on any atom is -0.374 e. The maximum absolute atomic E-state index is 5.72. The highest BCUT2D eigenvalue weighted by molar-refractivity contribution is 4.94. The fourth-order valence-corrected chi connectivity index (χ4v) is 1.94. The van der Waals surface area contributed by atoms with Crippen molar-refractivity contribution in [2.45, 2.75) is 38.4 Å². The number of nitrogens with zero attached hydrogens (tertiary/aromatic N) is 1. The molecular formula is C11H19N3O. The summed E-state index contributed by atoms with van der Waals surface area (Å²) in [6.45, 7) is 4.10. The molecule has 1 fully saturated rings. The van der Waals surface area contributed by atoms with Crippen molar-refractivity contribution < 1.29 is 4.74 Å². The Labute approximate surface area is 90.4 Å². The van der Waals surface area contributed by atoms with Crippen LogP contribution in [0.15, 0.2) is 12.5 Å². The Morgan fingerprint density at radius 1 is 1.60 bits per heavy atom. The maximum atomic E-state index is 5.72. The largest absolute Gasteiger partial charge is 0.374 e. The van der Waals surface area contributed by atoms with E-state index < -0.39 is 0 Å². The molecule has 0 amide bonds. The van der Waals surface area contributed by atoms with Crippen molar-refractivity contribution in [1.29, 1.82) is 0 Å². The number of nitrogens with one attached hydrogen (secondary N) is 2. The van der Waals surface area contributed by atoms with Crippen molar-refractivity contribution in [2.24, 2.45) is 0 Å². The van der Waals surface area contributed by atoms with Gasteiger partial charge in [-0.1, -0.05) is 0 Å².